The number of hydrogen-bond acceptors (Lipinski definition) is 7. The van der Waals surface area contributed by atoms with E-state index in [0.29, 0.717) is 16.8 Å². The molecule has 168 valence electrons. The van der Waals surface area contributed by atoms with Crippen molar-refractivity contribution in [2.75, 3.05) is 7.11 Å². The second kappa shape index (κ2) is 8.70. The van der Waals surface area contributed by atoms with Gasteiger partial charge in [-0.1, -0.05) is 12.1 Å². The van der Waals surface area contributed by atoms with Gasteiger partial charge in [-0.2, -0.15) is 0 Å². The molecule has 3 aromatic rings. The van der Waals surface area contributed by atoms with Crippen molar-refractivity contribution in [3.63, 3.8) is 0 Å². The number of ether oxygens (including phenoxy) is 1. The number of pyridine rings is 2. The third-order valence-electron chi connectivity index (χ3n) is 5.68. The minimum Gasteiger partial charge on any atom is -0.507 e. The molecule has 0 radical (unpaired) electrons. The first kappa shape index (κ1) is 21.9. The van der Waals surface area contributed by atoms with E-state index in [9.17, 15) is 19.5 Å². The topological polar surface area (TPSA) is 125 Å². The Morgan fingerprint density at radius 3 is 2.45 bits per heavy atom. The number of carbonyl (C=O) groups is 3. The smallest absolute Gasteiger partial charge is 0.354 e. The second-order valence-electron chi connectivity index (χ2n) is 7.69. The monoisotopic (exact) mass is 446 g/mol. The maximum atomic E-state index is 13.2. The minimum atomic E-state index is -0.866. The summed E-state index contributed by atoms with van der Waals surface area (Å²) in [6.07, 6.45) is 6.37. The zero-order valence-electron chi connectivity index (χ0n) is 18.3. The molecule has 1 saturated heterocycles. The summed E-state index contributed by atoms with van der Waals surface area (Å²) in [6.45, 7) is 3.42. The highest BCUT2D eigenvalue weighted by molar-refractivity contribution is 6.46. The van der Waals surface area contributed by atoms with E-state index in [2.05, 4.69) is 15.0 Å². The lowest BCUT2D eigenvalue weighted by Gasteiger charge is -2.25. The van der Waals surface area contributed by atoms with Gasteiger partial charge < -0.3 is 19.7 Å². The zero-order chi connectivity index (χ0) is 23.7. The van der Waals surface area contributed by atoms with E-state index in [0.717, 1.165) is 5.56 Å². The summed E-state index contributed by atoms with van der Waals surface area (Å²) in [7, 11) is 1.25. The fourth-order valence-electron chi connectivity index (χ4n) is 4.16. The Kier molecular flexibility index (Phi) is 5.78. The van der Waals surface area contributed by atoms with Gasteiger partial charge in [-0.25, -0.2) is 4.79 Å². The highest BCUT2D eigenvalue weighted by atomic mass is 16.5. The molecule has 9 nitrogen and oxygen atoms in total. The van der Waals surface area contributed by atoms with E-state index in [4.69, 9.17) is 4.74 Å². The van der Waals surface area contributed by atoms with Crippen LogP contribution in [0.3, 0.4) is 0 Å². The minimum absolute atomic E-state index is 0.0708. The average molecular weight is 446 g/mol. The number of carbonyl (C=O) groups excluding carboxylic acids is 3. The molecule has 33 heavy (non-hydrogen) atoms. The molecule has 1 fully saturated rings. The van der Waals surface area contributed by atoms with Crippen LogP contribution in [0, 0.1) is 13.8 Å². The number of aromatic nitrogens is 3. The van der Waals surface area contributed by atoms with E-state index in [1.807, 2.05) is 0 Å². The van der Waals surface area contributed by atoms with Crippen molar-refractivity contribution in [3.05, 3.63) is 88.3 Å². The van der Waals surface area contributed by atoms with Crippen LogP contribution in [0.4, 0.5) is 0 Å². The fraction of sp³-hybridized carbons (Fsp3) is 0.208. The number of methoxy groups -OCH3 is 1. The summed E-state index contributed by atoms with van der Waals surface area (Å²) in [5.74, 6) is -2.52. The number of Topliss-reactive ketones (excluding diaryl/α,β-unsaturated/α-hetero) is 1. The highest BCUT2D eigenvalue weighted by Gasteiger charge is 2.46. The van der Waals surface area contributed by atoms with E-state index in [1.54, 1.807) is 62.9 Å². The number of ketones is 1. The number of nitrogens with one attached hydrogen (secondary N) is 1. The average Bonchev–Trinajstić information content (AvgIpc) is 3.27. The van der Waals surface area contributed by atoms with Crippen LogP contribution in [-0.4, -0.2) is 49.7 Å². The normalized spacial score (nSPS) is 17.4. The third kappa shape index (κ3) is 3.78. The van der Waals surface area contributed by atoms with Gasteiger partial charge in [-0.15, -0.1) is 0 Å². The SMILES string of the molecule is COC(=O)c1[nH]c(C)c(C(O)=C2C(=O)C(=O)N(Cc3cccnc3)C2c2cccnc2)c1C. The zero-order valence-corrected chi connectivity index (χ0v) is 18.3. The predicted molar refractivity (Wildman–Crippen MR) is 118 cm³/mol. The number of aryl methyl sites for hydroxylation is 1. The summed E-state index contributed by atoms with van der Waals surface area (Å²) in [5.41, 5.74) is 2.56. The van der Waals surface area contributed by atoms with Gasteiger partial charge in [0.25, 0.3) is 11.7 Å². The fourth-order valence-corrected chi connectivity index (χ4v) is 4.16. The van der Waals surface area contributed by atoms with Crippen molar-refractivity contribution in [3.8, 4) is 0 Å². The van der Waals surface area contributed by atoms with E-state index in [1.165, 1.54) is 12.0 Å². The van der Waals surface area contributed by atoms with E-state index < -0.39 is 23.7 Å². The quantitative estimate of drug-likeness (QED) is 0.267. The van der Waals surface area contributed by atoms with Gasteiger partial charge in [0.1, 0.15) is 11.5 Å². The summed E-state index contributed by atoms with van der Waals surface area (Å²) in [6, 6.07) is 6.11. The molecule has 4 heterocycles. The van der Waals surface area contributed by atoms with Crippen LogP contribution in [0.25, 0.3) is 5.76 Å². The number of aliphatic hydroxyl groups excluding tert-OH is 1. The lowest BCUT2D eigenvalue weighted by Crippen LogP contribution is -2.29. The molecule has 0 saturated carbocycles. The molecule has 3 aromatic heterocycles. The highest BCUT2D eigenvalue weighted by Crippen LogP contribution is 2.41. The van der Waals surface area contributed by atoms with Crippen molar-refractivity contribution in [1.29, 1.82) is 0 Å². The molecule has 9 heteroatoms. The predicted octanol–water partition coefficient (Wildman–Crippen LogP) is 2.83. The third-order valence-corrected chi connectivity index (χ3v) is 5.68. The van der Waals surface area contributed by atoms with Crippen LogP contribution < -0.4 is 0 Å². The Balaban J connectivity index is 1.90. The number of hydrogen-bond donors (Lipinski definition) is 2. The molecular weight excluding hydrogens is 424 g/mol. The van der Waals surface area contributed by atoms with Crippen molar-refractivity contribution in [2.45, 2.75) is 26.4 Å². The lowest BCUT2D eigenvalue weighted by atomic mass is 9.95. The number of nitrogens with zero attached hydrogens (tertiary/aromatic N) is 3. The van der Waals surface area contributed by atoms with E-state index in [-0.39, 0.29) is 29.1 Å². The molecule has 0 bridgehead atoms. The maximum Gasteiger partial charge on any atom is 0.354 e. The Labute approximate surface area is 189 Å². The molecular formula is C24H22N4O5. The number of amides is 1. The van der Waals surface area contributed by atoms with Crippen molar-refractivity contribution in [2.24, 2.45) is 0 Å². The van der Waals surface area contributed by atoms with Crippen LogP contribution in [0.1, 0.15) is 44.5 Å². The molecule has 1 atom stereocenters. The molecule has 0 spiro atoms. The lowest BCUT2D eigenvalue weighted by molar-refractivity contribution is -0.140. The summed E-state index contributed by atoms with van der Waals surface area (Å²) in [4.78, 5) is 50.9. The van der Waals surface area contributed by atoms with Crippen LogP contribution in [0.15, 0.2) is 54.6 Å². The molecule has 2 N–H and O–H groups in total. The molecule has 0 aromatic carbocycles. The van der Waals surface area contributed by atoms with Crippen molar-refractivity contribution in [1.82, 2.24) is 19.9 Å². The molecule has 1 amide bonds. The van der Waals surface area contributed by atoms with Crippen molar-refractivity contribution < 1.29 is 24.2 Å². The van der Waals surface area contributed by atoms with Crippen LogP contribution in [0.2, 0.25) is 0 Å². The first-order chi connectivity index (χ1) is 15.8. The molecule has 1 aliphatic rings. The maximum absolute atomic E-state index is 13.2. The van der Waals surface area contributed by atoms with Gasteiger partial charge in [0.05, 0.1) is 18.7 Å². The Hall–Kier alpha value is -4.27. The summed E-state index contributed by atoms with van der Waals surface area (Å²) >= 11 is 0. The largest absolute Gasteiger partial charge is 0.507 e. The van der Waals surface area contributed by atoms with Crippen LogP contribution in [0.5, 0.6) is 0 Å². The van der Waals surface area contributed by atoms with Crippen LogP contribution >= 0.6 is 0 Å². The Morgan fingerprint density at radius 1 is 1.15 bits per heavy atom. The van der Waals surface area contributed by atoms with Crippen LogP contribution in [-0.2, 0) is 20.9 Å². The summed E-state index contributed by atoms with van der Waals surface area (Å²) in [5, 5.41) is 11.3. The first-order valence-electron chi connectivity index (χ1n) is 10.2. The van der Waals surface area contributed by atoms with Gasteiger partial charge in [-0.05, 0) is 42.7 Å². The molecule has 1 aliphatic heterocycles. The first-order valence-corrected chi connectivity index (χ1v) is 10.2. The van der Waals surface area contributed by atoms with E-state index >= 15 is 0 Å². The number of H-pyrrole nitrogens is 1. The second-order valence-corrected chi connectivity index (χ2v) is 7.69. The molecule has 0 aliphatic carbocycles. The van der Waals surface area contributed by atoms with Crippen molar-refractivity contribution >= 4 is 23.4 Å². The van der Waals surface area contributed by atoms with Gasteiger partial charge in [0.2, 0.25) is 0 Å². The number of aliphatic hydroxyl groups is 1. The van der Waals surface area contributed by atoms with Gasteiger partial charge in [0, 0.05) is 42.6 Å². The Bertz CT molecular complexity index is 1260. The molecule has 4 rings (SSSR count). The molecule has 1 unspecified atom stereocenters. The van der Waals surface area contributed by atoms with Gasteiger partial charge in [-0.3, -0.25) is 19.6 Å². The standard InChI is InChI=1S/C24H22N4O5/c1-13-17(14(2)27-19(13)24(32)33-3)21(29)18-20(16-7-5-9-26-11-16)28(23(31)22(18)30)12-15-6-4-8-25-10-15/h4-11,20,27,29H,12H2,1-3H3. The number of rotatable bonds is 5. The number of aromatic amines is 1. The summed E-state index contributed by atoms with van der Waals surface area (Å²) < 4.78 is 4.79. The number of esters is 1. The van der Waals surface area contributed by atoms with Gasteiger partial charge in [0.15, 0.2) is 0 Å². The van der Waals surface area contributed by atoms with Gasteiger partial charge >= 0.3 is 5.97 Å². The number of likely N-dealkylation sites (tertiary alicyclic amines) is 1. The Morgan fingerprint density at radius 2 is 1.85 bits per heavy atom.